The van der Waals surface area contributed by atoms with Gasteiger partial charge in [-0.2, -0.15) is 0 Å². The molecular formula is C22H14BrCl2N3O4. The van der Waals surface area contributed by atoms with Gasteiger partial charge in [0.05, 0.1) is 10.5 Å². The molecule has 0 aliphatic heterocycles. The fraction of sp³-hybridized carbons (Fsp3) is 0. The molecule has 0 radical (unpaired) electrons. The van der Waals surface area contributed by atoms with E-state index in [1.807, 2.05) is 0 Å². The summed E-state index contributed by atoms with van der Waals surface area (Å²) in [5, 5.41) is 16.9. The first kappa shape index (κ1) is 23.5. The summed E-state index contributed by atoms with van der Waals surface area (Å²) < 4.78 is 0.536. The van der Waals surface area contributed by atoms with E-state index in [0.717, 1.165) is 0 Å². The van der Waals surface area contributed by atoms with Crippen LogP contribution in [0.5, 0.6) is 0 Å². The monoisotopic (exact) mass is 533 g/mol. The number of hydrogen-bond acceptors (Lipinski definition) is 4. The quantitative estimate of drug-likeness (QED) is 0.227. The van der Waals surface area contributed by atoms with Gasteiger partial charge in [-0.3, -0.25) is 19.7 Å². The van der Waals surface area contributed by atoms with Gasteiger partial charge in [-0.05, 0) is 57.9 Å². The average Bonchev–Trinajstić information content (AvgIpc) is 2.73. The van der Waals surface area contributed by atoms with Gasteiger partial charge in [-0.25, -0.2) is 0 Å². The zero-order valence-corrected chi connectivity index (χ0v) is 19.2. The number of carbonyl (C=O) groups excluding carboxylic acids is 2. The van der Waals surface area contributed by atoms with Crippen LogP contribution in [0.25, 0.3) is 6.08 Å². The minimum absolute atomic E-state index is 0.137. The van der Waals surface area contributed by atoms with E-state index >= 15 is 0 Å². The molecule has 3 rings (SSSR count). The lowest BCUT2D eigenvalue weighted by atomic mass is 10.1. The third kappa shape index (κ3) is 6.16. The van der Waals surface area contributed by atoms with Gasteiger partial charge in [0.25, 0.3) is 17.5 Å². The molecule has 162 valence electrons. The number of amides is 2. The molecule has 2 N–H and O–H groups in total. The van der Waals surface area contributed by atoms with E-state index in [9.17, 15) is 19.7 Å². The van der Waals surface area contributed by atoms with Crippen molar-refractivity contribution in [3.05, 3.63) is 108 Å². The van der Waals surface area contributed by atoms with Gasteiger partial charge in [-0.15, -0.1) is 0 Å². The van der Waals surface area contributed by atoms with Crippen LogP contribution in [0.15, 0.2) is 76.9 Å². The second-order valence-corrected chi connectivity index (χ2v) is 8.18. The molecule has 32 heavy (non-hydrogen) atoms. The maximum Gasteiger partial charge on any atom is 0.272 e. The van der Waals surface area contributed by atoms with Crippen molar-refractivity contribution in [2.75, 3.05) is 5.32 Å². The largest absolute Gasteiger partial charge is 0.321 e. The van der Waals surface area contributed by atoms with Crippen molar-refractivity contribution in [1.82, 2.24) is 5.32 Å². The maximum absolute atomic E-state index is 13.0. The Kier molecular flexibility index (Phi) is 7.63. The highest BCUT2D eigenvalue weighted by Gasteiger charge is 2.17. The minimum Gasteiger partial charge on any atom is -0.321 e. The molecule has 0 aliphatic rings. The lowest BCUT2D eigenvalue weighted by Gasteiger charge is -2.12. The van der Waals surface area contributed by atoms with E-state index in [-0.39, 0.29) is 11.4 Å². The molecule has 0 fully saturated rings. The van der Waals surface area contributed by atoms with E-state index in [1.165, 1.54) is 42.5 Å². The number of rotatable bonds is 6. The summed E-state index contributed by atoms with van der Waals surface area (Å²) in [6, 6.07) is 16.8. The number of carbonyl (C=O) groups is 2. The van der Waals surface area contributed by atoms with Gasteiger partial charge in [0.1, 0.15) is 5.70 Å². The second-order valence-electron chi connectivity index (χ2n) is 6.46. The number of non-ortho nitro benzene ring substituents is 1. The van der Waals surface area contributed by atoms with Crippen LogP contribution in [0.1, 0.15) is 15.9 Å². The van der Waals surface area contributed by atoms with E-state index in [0.29, 0.717) is 31.3 Å². The lowest BCUT2D eigenvalue weighted by Crippen LogP contribution is -2.31. The number of nitro benzene ring substituents is 1. The third-order valence-electron chi connectivity index (χ3n) is 4.12. The van der Waals surface area contributed by atoms with Crippen molar-refractivity contribution in [2.24, 2.45) is 0 Å². The average molecular weight is 535 g/mol. The maximum atomic E-state index is 13.0. The predicted molar refractivity (Wildman–Crippen MR) is 128 cm³/mol. The Labute approximate surface area is 201 Å². The van der Waals surface area contributed by atoms with Gasteiger partial charge >= 0.3 is 0 Å². The van der Waals surface area contributed by atoms with E-state index < -0.39 is 16.7 Å². The van der Waals surface area contributed by atoms with Crippen LogP contribution in [0.4, 0.5) is 11.4 Å². The lowest BCUT2D eigenvalue weighted by molar-refractivity contribution is -0.384. The Morgan fingerprint density at radius 3 is 2.31 bits per heavy atom. The molecule has 7 nitrogen and oxygen atoms in total. The molecule has 0 unspecified atom stereocenters. The normalized spacial score (nSPS) is 11.0. The molecule has 0 atom stereocenters. The summed E-state index contributed by atoms with van der Waals surface area (Å²) in [6.07, 6.45) is 1.34. The number of nitrogens with one attached hydrogen (secondary N) is 2. The third-order valence-corrected chi connectivity index (χ3v) is 5.25. The highest BCUT2D eigenvalue weighted by atomic mass is 79.9. The molecule has 0 aliphatic carbocycles. The van der Waals surface area contributed by atoms with Crippen LogP contribution >= 0.6 is 39.1 Å². The first-order valence-corrected chi connectivity index (χ1v) is 10.6. The molecule has 0 aromatic heterocycles. The van der Waals surface area contributed by atoms with Crippen molar-refractivity contribution in [2.45, 2.75) is 0 Å². The number of hydrogen-bond donors (Lipinski definition) is 2. The molecular weight excluding hydrogens is 521 g/mol. The zero-order valence-electron chi connectivity index (χ0n) is 16.1. The molecule has 3 aromatic rings. The van der Waals surface area contributed by atoms with Crippen LogP contribution in [0, 0.1) is 10.1 Å². The summed E-state index contributed by atoms with van der Waals surface area (Å²) in [5.74, 6) is -1.22. The number of benzene rings is 3. The summed E-state index contributed by atoms with van der Waals surface area (Å²) in [7, 11) is 0. The molecule has 0 saturated heterocycles. The fourth-order valence-electron chi connectivity index (χ4n) is 2.71. The van der Waals surface area contributed by atoms with Gasteiger partial charge in [0.2, 0.25) is 0 Å². The zero-order chi connectivity index (χ0) is 23.3. The fourth-order valence-corrected chi connectivity index (χ4v) is 3.70. The van der Waals surface area contributed by atoms with Crippen LogP contribution < -0.4 is 10.6 Å². The van der Waals surface area contributed by atoms with Gasteiger partial charge in [0.15, 0.2) is 0 Å². The molecule has 0 saturated carbocycles. The van der Waals surface area contributed by atoms with E-state index in [4.69, 9.17) is 23.2 Å². The topological polar surface area (TPSA) is 101 Å². The Morgan fingerprint density at radius 2 is 1.66 bits per heavy atom. The van der Waals surface area contributed by atoms with Crippen LogP contribution in [0.3, 0.4) is 0 Å². The molecule has 0 spiro atoms. The molecule has 10 heteroatoms. The van der Waals surface area contributed by atoms with Gasteiger partial charge in [-0.1, -0.05) is 47.5 Å². The van der Waals surface area contributed by atoms with Crippen LogP contribution in [-0.2, 0) is 4.79 Å². The summed E-state index contributed by atoms with van der Waals surface area (Å²) >= 11 is 15.3. The summed E-state index contributed by atoms with van der Waals surface area (Å²) in [5.41, 5.74) is 0.670. The van der Waals surface area contributed by atoms with Crippen molar-refractivity contribution in [1.29, 1.82) is 0 Å². The Balaban J connectivity index is 1.97. The van der Waals surface area contributed by atoms with E-state index in [2.05, 4.69) is 26.6 Å². The summed E-state index contributed by atoms with van der Waals surface area (Å²) in [6.45, 7) is 0. The second kappa shape index (κ2) is 10.4. The van der Waals surface area contributed by atoms with Gasteiger partial charge < -0.3 is 10.6 Å². The standard InChI is InChI=1S/C22H14BrCl2N3O4/c23-19-7-2-1-6-18(19)21(29)27-20(9-13-4-3-5-17(8-13)28(31)32)22(30)26-16-11-14(24)10-15(25)12-16/h1-12H,(H,26,30)(H,27,29)/b20-9-. The summed E-state index contributed by atoms with van der Waals surface area (Å²) in [4.78, 5) is 36.3. The first-order valence-electron chi connectivity index (χ1n) is 9.02. The van der Waals surface area contributed by atoms with Crippen molar-refractivity contribution in [3.8, 4) is 0 Å². The number of anilines is 1. The van der Waals surface area contributed by atoms with Crippen molar-refractivity contribution in [3.63, 3.8) is 0 Å². The molecule has 0 bridgehead atoms. The highest BCUT2D eigenvalue weighted by Crippen LogP contribution is 2.23. The highest BCUT2D eigenvalue weighted by molar-refractivity contribution is 9.10. The van der Waals surface area contributed by atoms with E-state index in [1.54, 1.807) is 30.3 Å². The van der Waals surface area contributed by atoms with Crippen LogP contribution in [-0.4, -0.2) is 16.7 Å². The van der Waals surface area contributed by atoms with Gasteiger partial charge in [0, 0.05) is 32.3 Å². The minimum atomic E-state index is -0.671. The smallest absolute Gasteiger partial charge is 0.272 e. The molecule has 2 amide bonds. The van der Waals surface area contributed by atoms with Crippen LogP contribution in [0.2, 0.25) is 10.0 Å². The number of nitro groups is 1. The number of nitrogens with zero attached hydrogens (tertiary/aromatic N) is 1. The molecule has 0 heterocycles. The predicted octanol–water partition coefficient (Wildman–Crippen LogP) is 6.07. The SMILES string of the molecule is O=C(Nc1cc(Cl)cc(Cl)c1)/C(=C/c1cccc([N+](=O)[O-])c1)NC(=O)c1ccccc1Br. The Bertz CT molecular complexity index is 1230. The first-order chi connectivity index (χ1) is 15.2. The van der Waals surface area contributed by atoms with Crippen molar-refractivity contribution < 1.29 is 14.5 Å². The Hall–Kier alpha value is -3.20. The van der Waals surface area contributed by atoms with Crippen molar-refractivity contribution >= 4 is 68.4 Å². The molecule has 3 aromatic carbocycles. The Morgan fingerprint density at radius 1 is 0.969 bits per heavy atom. The number of halogens is 3.